The van der Waals surface area contributed by atoms with Gasteiger partial charge in [0.15, 0.2) is 0 Å². The molecule has 6 heteroatoms. The molecule has 0 aromatic carbocycles. The maximum absolute atomic E-state index is 11.0. The predicted molar refractivity (Wildman–Crippen MR) is 43.0 cm³/mol. The van der Waals surface area contributed by atoms with Crippen LogP contribution in [0.15, 0.2) is 0 Å². The van der Waals surface area contributed by atoms with Gasteiger partial charge in [0.1, 0.15) is 0 Å². The summed E-state index contributed by atoms with van der Waals surface area (Å²) in [6, 6.07) is 0. The van der Waals surface area contributed by atoms with Crippen LogP contribution in [0.3, 0.4) is 0 Å². The first-order valence-electron chi connectivity index (χ1n) is 2.96. The molecule has 0 saturated heterocycles. The van der Waals surface area contributed by atoms with Crippen LogP contribution >= 0.6 is 0 Å². The average molecular weight is 300 g/mol. The second-order valence-corrected chi connectivity index (χ2v) is 7.85. The van der Waals surface area contributed by atoms with E-state index in [9.17, 15) is 9.59 Å². The summed E-state index contributed by atoms with van der Waals surface area (Å²) < 4.78 is 10.1. The van der Waals surface area contributed by atoms with E-state index >= 15 is 0 Å². The molecule has 0 bridgehead atoms. The monoisotopic (exact) mass is 302 g/mol. The van der Waals surface area contributed by atoms with Gasteiger partial charge < -0.3 is 0 Å². The van der Waals surface area contributed by atoms with Crippen molar-refractivity contribution in [2.45, 2.75) is 0 Å². The summed E-state index contributed by atoms with van der Waals surface area (Å²) >= 11 is 0.313. The number of methoxy groups -OCH3 is 2. The van der Waals surface area contributed by atoms with E-state index in [2.05, 4.69) is 9.47 Å². The molecule has 0 fully saturated rings. The summed E-state index contributed by atoms with van der Waals surface area (Å²) in [6.45, 7) is 0. The van der Waals surface area contributed by atoms with Crippen LogP contribution in [0, 0.1) is 0 Å². The molecular formula is C6H6O4Se2. The number of carbonyl (C=O) groups excluding carboxylic acids is 2. The predicted octanol–water partition coefficient (Wildman–Crippen LogP) is -0.626. The Morgan fingerprint density at radius 1 is 1.00 bits per heavy atom. The van der Waals surface area contributed by atoms with E-state index in [4.69, 9.17) is 0 Å². The van der Waals surface area contributed by atoms with Crippen LogP contribution in [0.5, 0.6) is 0 Å². The van der Waals surface area contributed by atoms with Gasteiger partial charge in [-0.15, -0.1) is 0 Å². The first-order chi connectivity index (χ1) is 5.70. The molecule has 0 aliphatic rings. The van der Waals surface area contributed by atoms with Crippen LogP contribution in [0.4, 0.5) is 0 Å². The normalized spacial score (nSPS) is 9.50. The fourth-order valence-corrected chi connectivity index (χ4v) is 6.28. The number of rotatable bonds is 2. The topological polar surface area (TPSA) is 52.6 Å². The fourth-order valence-electron chi connectivity index (χ4n) is 0.564. The van der Waals surface area contributed by atoms with Crippen molar-refractivity contribution in [3.8, 4) is 0 Å². The summed E-state index contributed by atoms with van der Waals surface area (Å²) in [5.74, 6) is -0.771. The Hall–Kier alpha value is -0.281. The Morgan fingerprint density at radius 2 is 1.33 bits per heavy atom. The van der Waals surface area contributed by atoms with E-state index in [0.29, 0.717) is 8.87 Å². The van der Waals surface area contributed by atoms with Crippen molar-refractivity contribution in [2.24, 2.45) is 0 Å². The third-order valence-electron chi connectivity index (χ3n) is 1.16. The van der Waals surface area contributed by atoms with Gasteiger partial charge in [-0.05, 0) is 0 Å². The molecule has 1 heterocycles. The van der Waals surface area contributed by atoms with Gasteiger partial charge in [-0.3, -0.25) is 0 Å². The second-order valence-electron chi connectivity index (χ2n) is 1.81. The first-order valence-corrected chi connectivity index (χ1v) is 9.00. The quantitative estimate of drug-likeness (QED) is 0.539. The number of esters is 2. The van der Waals surface area contributed by atoms with Gasteiger partial charge in [-0.25, -0.2) is 0 Å². The van der Waals surface area contributed by atoms with Crippen LogP contribution in [-0.2, 0) is 9.47 Å². The van der Waals surface area contributed by atoms with E-state index < -0.39 is 0 Å². The van der Waals surface area contributed by atoms with Crippen LogP contribution in [0.25, 0.3) is 0 Å². The van der Waals surface area contributed by atoms with Crippen LogP contribution < -0.4 is 0 Å². The van der Waals surface area contributed by atoms with Crippen LogP contribution in [-0.4, -0.2) is 51.4 Å². The zero-order valence-corrected chi connectivity index (χ0v) is 9.88. The molecule has 0 radical (unpaired) electrons. The third-order valence-corrected chi connectivity index (χ3v) is 8.78. The van der Waals surface area contributed by atoms with Crippen molar-refractivity contribution >= 4 is 37.2 Å². The van der Waals surface area contributed by atoms with Crippen molar-refractivity contribution in [3.63, 3.8) is 0 Å². The molecule has 0 aliphatic heterocycles. The fraction of sp³-hybridized carbons (Fsp3) is 0.333. The van der Waals surface area contributed by atoms with Gasteiger partial charge in [0.05, 0.1) is 0 Å². The number of carbonyl (C=O) groups is 2. The average Bonchev–Trinajstić information content (AvgIpc) is 2.02. The molecule has 0 aliphatic carbocycles. The van der Waals surface area contributed by atoms with Gasteiger partial charge in [-0.1, -0.05) is 0 Å². The summed E-state index contributed by atoms with van der Waals surface area (Å²) in [5, 5.41) is 0. The van der Waals surface area contributed by atoms with Gasteiger partial charge in [0.25, 0.3) is 0 Å². The Morgan fingerprint density at radius 3 is 1.50 bits per heavy atom. The molecule has 12 heavy (non-hydrogen) atoms. The molecular weight excluding hydrogens is 294 g/mol. The number of hydrogen-bond donors (Lipinski definition) is 0. The summed E-state index contributed by atoms with van der Waals surface area (Å²) in [7, 11) is 2.62. The van der Waals surface area contributed by atoms with Gasteiger partial charge in [-0.2, -0.15) is 0 Å². The zero-order valence-electron chi connectivity index (χ0n) is 6.45. The molecule has 0 unspecified atom stereocenters. The molecule has 0 saturated carbocycles. The van der Waals surface area contributed by atoms with E-state index in [1.807, 2.05) is 0 Å². The van der Waals surface area contributed by atoms with Gasteiger partial charge in [0.2, 0.25) is 0 Å². The zero-order chi connectivity index (χ0) is 9.14. The van der Waals surface area contributed by atoms with Crippen molar-refractivity contribution < 1.29 is 19.1 Å². The Kier molecular flexibility index (Phi) is 3.35. The van der Waals surface area contributed by atoms with Crippen molar-refractivity contribution in [1.82, 2.24) is 0 Å². The Labute approximate surface area is 79.5 Å². The molecule has 0 amide bonds. The minimum atomic E-state index is -0.386. The van der Waals surface area contributed by atoms with Crippen molar-refractivity contribution in [1.29, 1.82) is 0 Å². The first kappa shape index (κ1) is 9.80. The molecule has 0 spiro atoms. The van der Waals surface area contributed by atoms with Gasteiger partial charge in [0, 0.05) is 0 Å². The standard InChI is InChI=1S/C6H6O4Se2/c1-9-5(7)3-4(12-11-3)6(8)10-2/h1-2H3. The van der Waals surface area contributed by atoms with Crippen LogP contribution in [0.1, 0.15) is 18.5 Å². The van der Waals surface area contributed by atoms with Gasteiger partial charge >= 0.3 is 79.4 Å². The van der Waals surface area contributed by atoms with Crippen LogP contribution in [0.2, 0.25) is 0 Å². The molecule has 4 nitrogen and oxygen atoms in total. The van der Waals surface area contributed by atoms with E-state index in [1.54, 1.807) is 0 Å². The molecule has 66 valence electrons. The Bertz CT molecular complexity index is 269. The van der Waals surface area contributed by atoms with Crippen molar-refractivity contribution in [3.05, 3.63) is 8.87 Å². The Balaban J connectivity index is 2.79. The third kappa shape index (κ3) is 1.72. The van der Waals surface area contributed by atoms with Crippen molar-refractivity contribution in [2.75, 3.05) is 14.2 Å². The molecule has 0 N–H and O–H groups in total. The summed E-state index contributed by atoms with van der Waals surface area (Å²) in [5.41, 5.74) is 0. The van der Waals surface area contributed by atoms with E-state index in [0.717, 1.165) is 0 Å². The summed E-state index contributed by atoms with van der Waals surface area (Å²) in [4.78, 5) is 21.9. The molecule has 1 aromatic rings. The molecule has 0 atom stereocenters. The molecule has 1 rings (SSSR count). The second kappa shape index (κ2) is 4.10. The minimum absolute atomic E-state index is 0.156. The number of hydrogen-bond acceptors (Lipinski definition) is 4. The van der Waals surface area contributed by atoms with E-state index in [1.165, 1.54) is 14.2 Å². The maximum atomic E-state index is 11.0. The molecule has 1 aromatic heterocycles. The SMILES string of the molecule is COC(=O)c1[se][se]c1C(=O)OC. The van der Waals surface area contributed by atoms with E-state index in [-0.39, 0.29) is 37.2 Å². The summed E-state index contributed by atoms with van der Waals surface area (Å²) in [6.07, 6.45) is 0. The number of ether oxygens (including phenoxy) is 2.